The van der Waals surface area contributed by atoms with Crippen LogP contribution in [0.2, 0.25) is 0 Å². The van der Waals surface area contributed by atoms with Crippen LogP contribution >= 0.6 is 0 Å². The molecule has 19 heavy (non-hydrogen) atoms. The molecule has 8 nitrogen and oxygen atoms in total. The lowest BCUT2D eigenvalue weighted by atomic mass is 10.1. The predicted octanol–water partition coefficient (Wildman–Crippen LogP) is 1.24. The summed E-state index contributed by atoms with van der Waals surface area (Å²) in [6, 6.07) is 6.48. The standard InChI is InChI=1S/C11H15N7O/c1-2-9(19)7-4-3-5-8(6-7)18(11(14)15)17-16-10(12)13/h3-6H,2H2,1H3,(H3,12,13)(H3,14,15). The van der Waals surface area contributed by atoms with Crippen LogP contribution in [-0.2, 0) is 0 Å². The summed E-state index contributed by atoms with van der Waals surface area (Å²) < 4.78 is 0. The van der Waals surface area contributed by atoms with Gasteiger partial charge in [-0.2, -0.15) is 5.01 Å². The fourth-order valence-electron chi connectivity index (χ4n) is 1.35. The lowest BCUT2D eigenvalue weighted by molar-refractivity contribution is 0.0988. The third kappa shape index (κ3) is 3.87. The molecule has 0 fully saturated rings. The molecule has 0 aromatic heterocycles. The van der Waals surface area contributed by atoms with Gasteiger partial charge in [0, 0.05) is 12.0 Å². The lowest BCUT2D eigenvalue weighted by Gasteiger charge is -2.15. The molecule has 0 heterocycles. The van der Waals surface area contributed by atoms with E-state index in [0.717, 1.165) is 5.01 Å². The number of nitrogens with zero attached hydrogens (tertiary/aromatic N) is 3. The predicted molar refractivity (Wildman–Crippen MR) is 72.2 cm³/mol. The van der Waals surface area contributed by atoms with E-state index in [4.69, 9.17) is 22.3 Å². The average molecular weight is 261 g/mol. The van der Waals surface area contributed by atoms with Crippen LogP contribution in [0, 0.1) is 10.8 Å². The van der Waals surface area contributed by atoms with E-state index >= 15 is 0 Å². The highest BCUT2D eigenvalue weighted by Crippen LogP contribution is 2.17. The average Bonchev–Trinajstić information content (AvgIpc) is 2.37. The van der Waals surface area contributed by atoms with Crippen LogP contribution < -0.4 is 16.5 Å². The summed E-state index contributed by atoms with van der Waals surface area (Å²) in [4.78, 5) is 11.6. The Morgan fingerprint density at radius 2 is 2.05 bits per heavy atom. The number of carbonyl (C=O) groups excluding carboxylic acids is 1. The fraction of sp³-hybridized carbons (Fsp3) is 0.182. The van der Waals surface area contributed by atoms with Gasteiger partial charge in [-0.1, -0.05) is 29.4 Å². The minimum Gasteiger partial charge on any atom is -0.368 e. The topological polar surface area (TPSA) is 145 Å². The molecular formula is C11H15N7O. The molecule has 0 spiro atoms. The van der Waals surface area contributed by atoms with Gasteiger partial charge < -0.3 is 11.5 Å². The van der Waals surface area contributed by atoms with Gasteiger partial charge >= 0.3 is 0 Å². The highest BCUT2D eigenvalue weighted by molar-refractivity contribution is 5.98. The van der Waals surface area contributed by atoms with Crippen LogP contribution in [0.4, 0.5) is 5.69 Å². The number of carbonyl (C=O) groups is 1. The molecule has 100 valence electrons. The van der Waals surface area contributed by atoms with Crippen LogP contribution in [0.25, 0.3) is 0 Å². The van der Waals surface area contributed by atoms with Crippen molar-refractivity contribution in [1.29, 1.82) is 10.8 Å². The van der Waals surface area contributed by atoms with Gasteiger partial charge in [0.2, 0.25) is 11.9 Å². The van der Waals surface area contributed by atoms with Gasteiger partial charge in [-0.25, -0.2) is 0 Å². The Morgan fingerprint density at radius 1 is 1.37 bits per heavy atom. The van der Waals surface area contributed by atoms with Crippen LogP contribution in [0.5, 0.6) is 0 Å². The number of anilines is 1. The summed E-state index contributed by atoms with van der Waals surface area (Å²) in [5.74, 6) is -0.938. The van der Waals surface area contributed by atoms with Gasteiger partial charge in [0.1, 0.15) is 0 Å². The van der Waals surface area contributed by atoms with E-state index in [1.165, 1.54) is 0 Å². The minimum atomic E-state index is -0.507. The molecule has 0 saturated carbocycles. The van der Waals surface area contributed by atoms with Gasteiger partial charge in [0.15, 0.2) is 5.78 Å². The maximum atomic E-state index is 11.6. The molecule has 1 aromatic carbocycles. The number of ketones is 1. The van der Waals surface area contributed by atoms with E-state index in [9.17, 15) is 4.79 Å². The monoisotopic (exact) mass is 261 g/mol. The SMILES string of the molecule is CCC(=O)c1cccc(N(N=NC(=N)N)C(=N)N)c1. The number of hydrogen-bond donors (Lipinski definition) is 4. The molecule has 6 N–H and O–H groups in total. The molecule has 0 aliphatic heterocycles. The van der Waals surface area contributed by atoms with Crippen molar-refractivity contribution < 1.29 is 4.79 Å². The Labute approximate surface area is 110 Å². The second-order valence-corrected chi connectivity index (χ2v) is 3.60. The van der Waals surface area contributed by atoms with E-state index < -0.39 is 11.9 Å². The quantitative estimate of drug-likeness (QED) is 0.212. The van der Waals surface area contributed by atoms with Crippen LogP contribution in [0.15, 0.2) is 34.6 Å². The number of hydrogen-bond acceptors (Lipinski definition) is 4. The molecule has 0 amide bonds. The van der Waals surface area contributed by atoms with E-state index in [-0.39, 0.29) is 5.78 Å². The van der Waals surface area contributed by atoms with Crippen molar-refractivity contribution in [3.63, 3.8) is 0 Å². The van der Waals surface area contributed by atoms with Crippen molar-refractivity contribution in [1.82, 2.24) is 0 Å². The number of Topliss-reactive ketones (excluding diaryl/α,β-unsaturated/α-hetero) is 1. The number of nitrogens with one attached hydrogen (secondary N) is 2. The van der Waals surface area contributed by atoms with Crippen molar-refractivity contribution in [2.45, 2.75) is 13.3 Å². The highest BCUT2D eigenvalue weighted by Gasteiger charge is 2.11. The Kier molecular flexibility index (Phi) is 4.69. The Bertz CT molecular complexity index is 538. The Hall–Kier alpha value is -2.77. The van der Waals surface area contributed by atoms with Gasteiger partial charge in [-0.3, -0.25) is 15.6 Å². The molecule has 0 radical (unpaired) electrons. The first-order valence-corrected chi connectivity index (χ1v) is 5.48. The largest absolute Gasteiger partial charge is 0.368 e. The molecular weight excluding hydrogens is 246 g/mol. The van der Waals surface area contributed by atoms with Crippen molar-refractivity contribution in [2.24, 2.45) is 21.8 Å². The molecule has 0 bridgehead atoms. The summed E-state index contributed by atoms with van der Waals surface area (Å²) in [7, 11) is 0. The van der Waals surface area contributed by atoms with Crippen LogP contribution in [-0.4, -0.2) is 17.7 Å². The molecule has 0 saturated heterocycles. The zero-order valence-electron chi connectivity index (χ0n) is 10.4. The summed E-state index contributed by atoms with van der Waals surface area (Å²) in [6.45, 7) is 1.76. The minimum absolute atomic E-state index is 0.0335. The van der Waals surface area contributed by atoms with Crippen molar-refractivity contribution in [3.8, 4) is 0 Å². The number of guanidine groups is 2. The smallest absolute Gasteiger partial charge is 0.234 e. The van der Waals surface area contributed by atoms with E-state index in [1.807, 2.05) is 0 Å². The van der Waals surface area contributed by atoms with Crippen LogP contribution in [0.1, 0.15) is 23.7 Å². The number of nitrogens with two attached hydrogens (primary N) is 2. The summed E-state index contributed by atoms with van der Waals surface area (Å²) in [5.41, 5.74) is 11.3. The van der Waals surface area contributed by atoms with Crippen molar-refractivity contribution >= 4 is 23.4 Å². The third-order valence-electron chi connectivity index (χ3n) is 2.20. The number of benzene rings is 1. The second-order valence-electron chi connectivity index (χ2n) is 3.60. The molecule has 1 aromatic rings. The first-order chi connectivity index (χ1) is 8.95. The van der Waals surface area contributed by atoms with Crippen molar-refractivity contribution in [3.05, 3.63) is 29.8 Å². The molecule has 1 rings (SSSR count). The fourth-order valence-corrected chi connectivity index (χ4v) is 1.35. The maximum Gasteiger partial charge on any atom is 0.234 e. The van der Waals surface area contributed by atoms with E-state index in [2.05, 4.69) is 10.3 Å². The molecule has 0 atom stereocenters. The summed E-state index contributed by atoms with van der Waals surface area (Å²) in [6.07, 6.45) is 0.374. The molecule has 0 aliphatic rings. The lowest BCUT2D eigenvalue weighted by Crippen LogP contribution is -2.32. The van der Waals surface area contributed by atoms with Gasteiger partial charge in [0.05, 0.1) is 5.69 Å². The normalized spacial score (nSPS) is 10.4. The zero-order chi connectivity index (χ0) is 14.4. The summed E-state index contributed by atoms with van der Waals surface area (Å²) >= 11 is 0. The molecule has 0 aliphatic carbocycles. The Balaban J connectivity index is 3.13. The first-order valence-electron chi connectivity index (χ1n) is 5.48. The van der Waals surface area contributed by atoms with Gasteiger partial charge in [-0.05, 0) is 12.1 Å². The van der Waals surface area contributed by atoms with Crippen molar-refractivity contribution in [2.75, 3.05) is 5.01 Å². The summed E-state index contributed by atoms with van der Waals surface area (Å²) in [5, 5.41) is 22.2. The highest BCUT2D eigenvalue weighted by atomic mass is 16.1. The first kappa shape index (κ1) is 14.3. The Morgan fingerprint density at radius 3 is 2.58 bits per heavy atom. The second kappa shape index (κ2) is 6.24. The van der Waals surface area contributed by atoms with Gasteiger partial charge in [-0.15, -0.1) is 0 Å². The van der Waals surface area contributed by atoms with Gasteiger partial charge in [0.25, 0.3) is 0 Å². The van der Waals surface area contributed by atoms with E-state index in [0.29, 0.717) is 17.7 Å². The third-order valence-corrected chi connectivity index (χ3v) is 2.20. The molecule has 8 heteroatoms. The maximum absolute atomic E-state index is 11.6. The van der Waals surface area contributed by atoms with E-state index in [1.54, 1.807) is 31.2 Å². The zero-order valence-corrected chi connectivity index (χ0v) is 10.4. The van der Waals surface area contributed by atoms with Crippen LogP contribution in [0.3, 0.4) is 0 Å². The number of rotatable bonds is 4. The molecule has 0 unspecified atom stereocenters.